The molecule has 146 valence electrons. The molecule has 0 aliphatic carbocycles. The summed E-state index contributed by atoms with van der Waals surface area (Å²) in [5, 5.41) is 6.62. The zero-order valence-electron chi connectivity index (χ0n) is 16.3. The number of hydrogen-bond donors (Lipinski definition) is 2. The fourth-order valence-corrected chi connectivity index (χ4v) is 2.50. The molecule has 1 aromatic carbocycles. The zero-order valence-corrected chi connectivity index (χ0v) is 16.3. The molecule has 0 saturated heterocycles. The summed E-state index contributed by atoms with van der Waals surface area (Å²) in [4.78, 5) is 9.09. The van der Waals surface area contributed by atoms with Crippen LogP contribution >= 0.6 is 0 Å². The number of methoxy groups -OCH3 is 1. The van der Waals surface area contributed by atoms with Gasteiger partial charge in [-0.05, 0) is 37.1 Å². The summed E-state index contributed by atoms with van der Waals surface area (Å²) in [6.45, 7) is 6.29. The maximum atomic E-state index is 5.47. The molecule has 6 heteroatoms. The fourth-order valence-electron chi connectivity index (χ4n) is 2.50. The number of pyridine rings is 1. The quantitative estimate of drug-likeness (QED) is 0.362. The van der Waals surface area contributed by atoms with Crippen LogP contribution in [0.5, 0.6) is 0 Å². The molecule has 27 heavy (non-hydrogen) atoms. The number of ether oxygens (including phenoxy) is 2. The van der Waals surface area contributed by atoms with E-state index in [9.17, 15) is 0 Å². The van der Waals surface area contributed by atoms with Crippen molar-refractivity contribution in [3.05, 3.63) is 54.2 Å². The summed E-state index contributed by atoms with van der Waals surface area (Å²) >= 11 is 0. The summed E-state index contributed by atoms with van der Waals surface area (Å²) in [6.07, 6.45) is 2.73. The summed E-state index contributed by atoms with van der Waals surface area (Å²) < 4.78 is 10.4. The molecule has 1 aromatic heterocycles. The van der Waals surface area contributed by atoms with Crippen LogP contribution in [0.1, 0.15) is 18.9 Å². The van der Waals surface area contributed by atoms with E-state index in [1.165, 1.54) is 0 Å². The first-order valence-electron chi connectivity index (χ1n) is 9.42. The molecular weight excluding hydrogens is 340 g/mol. The second kappa shape index (κ2) is 12.8. The molecule has 0 atom stereocenters. The first-order valence-corrected chi connectivity index (χ1v) is 9.42. The fraction of sp³-hybridized carbons (Fsp3) is 0.429. The predicted molar refractivity (Wildman–Crippen MR) is 110 cm³/mol. The number of benzene rings is 1. The number of hydrogen-bond acceptors (Lipinski definition) is 4. The number of aliphatic imine (C=N–C) groups is 1. The minimum Gasteiger partial charge on any atom is -0.382 e. The SMILES string of the molecule is CCNC(=NCc1cccc(-c2ccccn2)c1)NCCCOCCOC. The van der Waals surface area contributed by atoms with Crippen LogP contribution in [0.15, 0.2) is 53.7 Å². The van der Waals surface area contributed by atoms with E-state index in [2.05, 4.69) is 45.7 Å². The lowest BCUT2D eigenvalue weighted by atomic mass is 10.1. The summed E-state index contributed by atoms with van der Waals surface area (Å²) in [7, 11) is 1.68. The Balaban J connectivity index is 1.85. The van der Waals surface area contributed by atoms with Crippen molar-refractivity contribution in [3.63, 3.8) is 0 Å². The highest BCUT2D eigenvalue weighted by Crippen LogP contribution is 2.18. The first-order chi connectivity index (χ1) is 13.3. The number of nitrogens with one attached hydrogen (secondary N) is 2. The molecule has 2 aromatic rings. The van der Waals surface area contributed by atoms with Gasteiger partial charge in [-0.2, -0.15) is 0 Å². The van der Waals surface area contributed by atoms with Crippen molar-refractivity contribution in [2.24, 2.45) is 4.99 Å². The van der Waals surface area contributed by atoms with E-state index in [1.54, 1.807) is 7.11 Å². The van der Waals surface area contributed by atoms with Gasteiger partial charge in [0.2, 0.25) is 0 Å². The van der Waals surface area contributed by atoms with E-state index in [0.29, 0.717) is 26.4 Å². The third-order valence-electron chi connectivity index (χ3n) is 3.84. The van der Waals surface area contributed by atoms with Gasteiger partial charge in [-0.1, -0.05) is 24.3 Å². The third kappa shape index (κ3) is 8.19. The summed E-state index contributed by atoms with van der Waals surface area (Å²) in [5.74, 6) is 0.817. The van der Waals surface area contributed by atoms with Crippen molar-refractivity contribution in [2.45, 2.75) is 19.9 Å². The Morgan fingerprint density at radius 2 is 2.00 bits per heavy atom. The maximum Gasteiger partial charge on any atom is 0.191 e. The minimum absolute atomic E-state index is 0.611. The lowest BCUT2D eigenvalue weighted by molar-refractivity contribution is 0.0698. The largest absolute Gasteiger partial charge is 0.382 e. The van der Waals surface area contributed by atoms with Crippen LogP contribution in [0.3, 0.4) is 0 Å². The molecule has 0 aliphatic rings. The van der Waals surface area contributed by atoms with E-state index in [1.807, 2.05) is 30.5 Å². The Morgan fingerprint density at radius 3 is 2.78 bits per heavy atom. The molecule has 0 amide bonds. The highest BCUT2D eigenvalue weighted by Gasteiger charge is 2.01. The molecule has 2 N–H and O–H groups in total. The number of rotatable bonds is 11. The Labute approximate surface area is 162 Å². The number of aromatic nitrogens is 1. The normalized spacial score (nSPS) is 11.4. The molecule has 0 saturated carbocycles. The van der Waals surface area contributed by atoms with Crippen molar-refractivity contribution in [1.29, 1.82) is 0 Å². The Morgan fingerprint density at radius 1 is 1.07 bits per heavy atom. The summed E-state index contributed by atoms with van der Waals surface area (Å²) in [5.41, 5.74) is 3.23. The lowest BCUT2D eigenvalue weighted by Crippen LogP contribution is -2.38. The smallest absolute Gasteiger partial charge is 0.191 e. The van der Waals surface area contributed by atoms with Crippen LogP contribution in [0.4, 0.5) is 0 Å². The zero-order chi connectivity index (χ0) is 19.2. The first kappa shape index (κ1) is 20.9. The van der Waals surface area contributed by atoms with E-state index in [4.69, 9.17) is 9.47 Å². The van der Waals surface area contributed by atoms with Crippen molar-refractivity contribution in [3.8, 4) is 11.3 Å². The van der Waals surface area contributed by atoms with Crippen LogP contribution in [-0.2, 0) is 16.0 Å². The second-order valence-electron chi connectivity index (χ2n) is 6.00. The molecule has 0 aliphatic heterocycles. The standard InChI is InChI=1S/C21H30N4O2/c1-3-22-21(24-12-7-13-27-15-14-26-2)25-17-18-8-6-9-19(16-18)20-10-4-5-11-23-20/h4-6,8-11,16H,3,7,12-15,17H2,1-2H3,(H2,22,24,25). The lowest BCUT2D eigenvalue weighted by Gasteiger charge is -2.11. The average molecular weight is 370 g/mol. The molecule has 1 heterocycles. The van der Waals surface area contributed by atoms with Gasteiger partial charge in [-0.15, -0.1) is 0 Å². The highest BCUT2D eigenvalue weighted by atomic mass is 16.5. The van der Waals surface area contributed by atoms with Crippen LogP contribution in [0.2, 0.25) is 0 Å². The third-order valence-corrected chi connectivity index (χ3v) is 3.84. The van der Waals surface area contributed by atoms with Crippen molar-refractivity contribution < 1.29 is 9.47 Å². The molecule has 0 fully saturated rings. The summed E-state index contributed by atoms with van der Waals surface area (Å²) in [6, 6.07) is 14.3. The molecule has 2 rings (SSSR count). The molecule has 6 nitrogen and oxygen atoms in total. The van der Waals surface area contributed by atoms with Gasteiger partial charge in [0.1, 0.15) is 0 Å². The van der Waals surface area contributed by atoms with Crippen molar-refractivity contribution in [2.75, 3.05) is 40.0 Å². The van der Waals surface area contributed by atoms with E-state index >= 15 is 0 Å². The predicted octanol–water partition coefficient (Wildman–Crippen LogP) is 2.86. The van der Waals surface area contributed by atoms with E-state index in [-0.39, 0.29) is 0 Å². The minimum atomic E-state index is 0.611. The van der Waals surface area contributed by atoms with Gasteiger partial charge in [0.15, 0.2) is 5.96 Å². The van der Waals surface area contributed by atoms with Crippen LogP contribution in [-0.4, -0.2) is 51.0 Å². The van der Waals surface area contributed by atoms with E-state index < -0.39 is 0 Å². The Kier molecular flexibility index (Phi) is 9.92. The van der Waals surface area contributed by atoms with Crippen molar-refractivity contribution >= 4 is 5.96 Å². The van der Waals surface area contributed by atoms with Gasteiger partial charge in [-0.25, -0.2) is 4.99 Å². The van der Waals surface area contributed by atoms with E-state index in [0.717, 1.165) is 42.3 Å². The van der Waals surface area contributed by atoms with Crippen LogP contribution in [0.25, 0.3) is 11.3 Å². The Bertz CT molecular complexity index is 677. The second-order valence-corrected chi connectivity index (χ2v) is 6.00. The average Bonchev–Trinajstić information content (AvgIpc) is 2.72. The maximum absolute atomic E-state index is 5.47. The van der Waals surface area contributed by atoms with Gasteiger partial charge in [0.25, 0.3) is 0 Å². The van der Waals surface area contributed by atoms with Gasteiger partial charge in [0.05, 0.1) is 25.5 Å². The molecular formula is C21H30N4O2. The topological polar surface area (TPSA) is 67.8 Å². The van der Waals surface area contributed by atoms with Gasteiger partial charge < -0.3 is 20.1 Å². The molecule has 0 spiro atoms. The molecule has 0 radical (unpaired) electrons. The van der Waals surface area contributed by atoms with Gasteiger partial charge in [-0.3, -0.25) is 4.98 Å². The van der Waals surface area contributed by atoms with Crippen molar-refractivity contribution in [1.82, 2.24) is 15.6 Å². The molecule has 0 unspecified atom stereocenters. The van der Waals surface area contributed by atoms with Gasteiger partial charge >= 0.3 is 0 Å². The Hall–Kier alpha value is -2.44. The van der Waals surface area contributed by atoms with Crippen LogP contribution < -0.4 is 10.6 Å². The molecule has 0 bridgehead atoms. The number of nitrogens with zero attached hydrogens (tertiary/aromatic N) is 2. The number of guanidine groups is 1. The van der Waals surface area contributed by atoms with Gasteiger partial charge in [0, 0.05) is 38.6 Å². The van der Waals surface area contributed by atoms with Crippen LogP contribution in [0, 0.1) is 0 Å². The highest BCUT2D eigenvalue weighted by molar-refractivity contribution is 5.79. The monoisotopic (exact) mass is 370 g/mol.